The van der Waals surface area contributed by atoms with E-state index in [1.165, 1.54) is 0 Å². The number of ether oxygens (including phenoxy) is 1. The van der Waals surface area contributed by atoms with Crippen LogP contribution in [0.4, 0.5) is 5.82 Å². The maximum atomic E-state index is 12.4. The second-order valence-corrected chi connectivity index (χ2v) is 7.18. The van der Waals surface area contributed by atoms with Crippen LogP contribution < -0.4 is 5.32 Å². The molecule has 0 saturated carbocycles. The van der Waals surface area contributed by atoms with Crippen LogP contribution in [0.5, 0.6) is 0 Å². The van der Waals surface area contributed by atoms with Gasteiger partial charge in [-0.3, -0.25) is 4.79 Å². The Balaban J connectivity index is 1.37. The predicted octanol–water partition coefficient (Wildman–Crippen LogP) is 4.08. The number of benzene rings is 2. The van der Waals surface area contributed by atoms with Crippen LogP contribution in [0, 0.1) is 13.8 Å². The van der Waals surface area contributed by atoms with Crippen LogP contribution in [0.25, 0.3) is 11.4 Å². The first-order valence-corrected chi connectivity index (χ1v) is 9.84. The Morgan fingerprint density at radius 1 is 0.935 bits per heavy atom. The molecule has 7 nitrogen and oxygen atoms in total. The summed E-state index contributed by atoms with van der Waals surface area (Å²) in [6.07, 6.45) is 3.83. The normalized spacial score (nSPS) is 10.6. The van der Waals surface area contributed by atoms with Gasteiger partial charge in [0.25, 0.3) is 5.91 Å². The zero-order valence-corrected chi connectivity index (χ0v) is 17.3. The maximum Gasteiger partial charge on any atom is 0.338 e. The number of hydrogen-bond acceptors (Lipinski definition) is 4. The predicted molar refractivity (Wildman–Crippen MR) is 118 cm³/mol. The lowest BCUT2D eigenvalue weighted by Crippen LogP contribution is -2.22. The summed E-state index contributed by atoms with van der Waals surface area (Å²) in [6.45, 7) is 3.46. The second-order valence-electron chi connectivity index (χ2n) is 7.18. The maximum absolute atomic E-state index is 12.4. The van der Waals surface area contributed by atoms with Crippen LogP contribution in [-0.4, -0.2) is 32.8 Å². The van der Waals surface area contributed by atoms with Crippen molar-refractivity contribution >= 4 is 17.7 Å². The molecular formula is C24H22N4O3. The summed E-state index contributed by atoms with van der Waals surface area (Å²) in [5.41, 5.74) is 4.03. The lowest BCUT2D eigenvalue weighted by molar-refractivity contribution is -0.119. The van der Waals surface area contributed by atoms with Gasteiger partial charge in [-0.1, -0.05) is 17.7 Å². The number of hydrogen-bond donors (Lipinski definition) is 1. The molecular weight excluding hydrogens is 392 g/mol. The Hall–Kier alpha value is -4.13. The van der Waals surface area contributed by atoms with E-state index in [1.807, 2.05) is 79.3 Å². The number of nitrogens with zero attached hydrogens (tertiary/aromatic N) is 3. The van der Waals surface area contributed by atoms with Gasteiger partial charge in [-0.05, 0) is 62.4 Å². The number of nitrogens with one attached hydrogen (secondary N) is 1. The van der Waals surface area contributed by atoms with Crippen LogP contribution in [0.3, 0.4) is 0 Å². The van der Waals surface area contributed by atoms with E-state index >= 15 is 0 Å². The third-order valence-electron chi connectivity index (χ3n) is 4.72. The van der Waals surface area contributed by atoms with Crippen molar-refractivity contribution in [1.29, 1.82) is 0 Å². The molecule has 2 aromatic heterocycles. The van der Waals surface area contributed by atoms with Crippen LogP contribution in [-0.2, 0) is 9.53 Å². The Bertz CT molecular complexity index is 1190. The molecule has 0 bridgehead atoms. The summed E-state index contributed by atoms with van der Waals surface area (Å²) < 4.78 is 8.75. The number of carbonyl (C=O) groups is 2. The number of amides is 1. The zero-order valence-electron chi connectivity index (χ0n) is 17.3. The first-order chi connectivity index (χ1) is 15.0. The van der Waals surface area contributed by atoms with E-state index in [9.17, 15) is 9.59 Å². The molecule has 0 unspecified atom stereocenters. The molecule has 0 fully saturated rings. The van der Waals surface area contributed by atoms with Gasteiger partial charge in [-0.2, -0.15) is 5.10 Å². The van der Waals surface area contributed by atoms with E-state index in [-0.39, 0.29) is 0 Å². The summed E-state index contributed by atoms with van der Waals surface area (Å²) in [5.74, 6) is -0.485. The highest BCUT2D eigenvalue weighted by Crippen LogP contribution is 2.18. The van der Waals surface area contributed by atoms with Gasteiger partial charge in [0.1, 0.15) is 5.82 Å². The van der Waals surface area contributed by atoms with Crippen molar-refractivity contribution in [3.8, 4) is 11.4 Å². The van der Waals surface area contributed by atoms with Gasteiger partial charge in [0, 0.05) is 24.1 Å². The number of anilines is 1. The molecule has 2 aromatic carbocycles. The van der Waals surface area contributed by atoms with Gasteiger partial charge in [0.15, 0.2) is 6.61 Å². The van der Waals surface area contributed by atoms with Gasteiger partial charge in [0.05, 0.1) is 16.9 Å². The molecule has 7 heteroatoms. The third-order valence-corrected chi connectivity index (χ3v) is 4.72. The van der Waals surface area contributed by atoms with E-state index in [4.69, 9.17) is 4.74 Å². The highest BCUT2D eigenvalue weighted by molar-refractivity contribution is 5.95. The molecule has 0 radical (unpaired) electrons. The molecule has 0 aliphatic heterocycles. The molecule has 0 aliphatic rings. The van der Waals surface area contributed by atoms with Crippen molar-refractivity contribution in [3.05, 3.63) is 95.9 Å². The molecule has 1 amide bonds. The molecule has 4 rings (SSSR count). The standard InChI is InChI=1S/C24H22N4O3/c1-17-5-9-21(10-6-17)28-22(15-18(2)26-28)25-23(29)16-31-24(30)19-7-11-20(12-8-19)27-13-3-4-14-27/h3-15H,16H2,1-2H3,(H,25,29). The van der Waals surface area contributed by atoms with Gasteiger partial charge in [-0.15, -0.1) is 0 Å². The summed E-state index contributed by atoms with van der Waals surface area (Å²) in [5, 5.41) is 7.19. The molecule has 1 N–H and O–H groups in total. The minimum absolute atomic E-state index is 0.379. The Labute approximate surface area is 179 Å². The molecule has 0 atom stereocenters. The first kappa shape index (κ1) is 20.2. The molecule has 0 aliphatic carbocycles. The quantitative estimate of drug-likeness (QED) is 0.483. The van der Waals surface area contributed by atoms with Crippen molar-refractivity contribution in [2.24, 2.45) is 0 Å². The van der Waals surface area contributed by atoms with Gasteiger partial charge >= 0.3 is 5.97 Å². The summed E-state index contributed by atoms with van der Waals surface area (Å²) in [6, 6.07) is 20.4. The van der Waals surface area contributed by atoms with Crippen LogP contribution in [0.1, 0.15) is 21.6 Å². The highest BCUT2D eigenvalue weighted by atomic mass is 16.5. The fourth-order valence-corrected chi connectivity index (χ4v) is 3.14. The minimum atomic E-state index is -0.558. The Morgan fingerprint density at radius 2 is 1.58 bits per heavy atom. The number of rotatable bonds is 6. The van der Waals surface area contributed by atoms with Crippen LogP contribution >= 0.6 is 0 Å². The number of carbonyl (C=O) groups excluding carboxylic acids is 2. The highest BCUT2D eigenvalue weighted by Gasteiger charge is 2.14. The van der Waals surface area contributed by atoms with Crippen molar-refractivity contribution in [1.82, 2.24) is 14.3 Å². The smallest absolute Gasteiger partial charge is 0.338 e. The summed E-state index contributed by atoms with van der Waals surface area (Å²) in [4.78, 5) is 24.7. The van der Waals surface area contributed by atoms with Crippen molar-refractivity contribution < 1.29 is 14.3 Å². The van der Waals surface area contributed by atoms with Crippen molar-refractivity contribution in [2.45, 2.75) is 13.8 Å². The minimum Gasteiger partial charge on any atom is -0.452 e. The van der Waals surface area contributed by atoms with Gasteiger partial charge < -0.3 is 14.6 Å². The van der Waals surface area contributed by atoms with Crippen LogP contribution in [0.15, 0.2) is 79.1 Å². The molecule has 0 saturated heterocycles. The molecule has 156 valence electrons. The van der Waals surface area contributed by atoms with Gasteiger partial charge in [0.2, 0.25) is 0 Å². The fourth-order valence-electron chi connectivity index (χ4n) is 3.14. The monoisotopic (exact) mass is 414 g/mol. The van der Waals surface area contributed by atoms with Gasteiger partial charge in [-0.25, -0.2) is 9.48 Å². The SMILES string of the molecule is Cc1ccc(-n2nc(C)cc2NC(=O)COC(=O)c2ccc(-n3cccc3)cc2)cc1. The lowest BCUT2D eigenvalue weighted by atomic mass is 10.2. The van der Waals surface area contributed by atoms with Crippen LogP contribution in [0.2, 0.25) is 0 Å². The topological polar surface area (TPSA) is 78.2 Å². The molecule has 4 aromatic rings. The molecule has 2 heterocycles. The average Bonchev–Trinajstić information content (AvgIpc) is 3.43. The summed E-state index contributed by atoms with van der Waals surface area (Å²) >= 11 is 0. The number of esters is 1. The summed E-state index contributed by atoms with van der Waals surface area (Å²) in [7, 11) is 0. The van der Waals surface area contributed by atoms with E-state index in [0.29, 0.717) is 11.4 Å². The Kier molecular flexibility index (Phi) is 5.66. The zero-order chi connectivity index (χ0) is 21.8. The number of aromatic nitrogens is 3. The van der Waals surface area contributed by atoms with E-state index < -0.39 is 18.5 Å². The molecule has 0 spiro atoms. The van der Waals surface area contributed by atoms with E-state index in [1.54, 1.807) is 22.9 Å². The average molecular weight is 414 g/mol. The second kappa shape index (κ2) is 8.71. The number of aryl methyl sites for hydroxylation is 2. The Morgan fingerprint density at radius 3 is 2.26 bits per heavy atom. The third kappa shape index (κ3) is 4.72. The van der Waals surface area contributed by atoms with E-state index in [0.717, 1.165) is 22.6 Å². The lowest BCUT2D eigenvalue weighted by Gasteiger charge is -2.10. The van der Waals surface area contributed by atoms with Crippen molar-refractivity contribution in [2.75, 3.05) is 11.9 Å². The fraction of sp³-hybridized carbons (Fsp3) is 0.125. The first-order valence-electron chi connectivity index (χ1n) is 9.84. The van der Waals surface area contributed by atoms with Crippen molar-refractivity contribution in [3.63, 3.8) is 0 Å². The molecule has 31 heavy (non-hydrogen) atoms. The largest absolute Gasteiger partial charge is 0.452 e. The van der Waals surface area contributed by atoms with E-state index in [2.05, 4.69) is 10.4 Å².